The van der Waals surface area contributed by atoms with Crippen LogP contribution in [0.3, 0.4) is 0 Å². The molecule has 4 aliphatic rings. The van der Waals surface area contributed by atoms with E-state index in [-0.39, 0.29) is 5.56 Å². The van der Waals surface area contributed by atoms with Gasteiger partial charge in [-0.05, 0) is 74.7 Å². The number of primary amides is 1. The van der Waals surface area contributed by atoms with Crippen LogP contribution in [0.2, 0.25) is 0 Å². The Morgan fingerprint density at radius 2 is 1.82 bits per heavy atom. The van der Waals surface area contributed by atoms with Crippen LogP contribution in [0.1, 0.15) is 64.9 Å². The molecule has 3 N–H and O–H groups in total. The first-order valence-electron chi connectivity index (χ1n) is 14.0. The lowest BCUT2D eigenvalue weighted by molar-refractivity contribution is -0.0638. The van der Waals surface area contributed by atoms with Gasteiger partial charge in [-0.15, -0.1) is 0 Å². The quantitative estimate of drug-likeness (QED) is 0.336. The number of pyridine rings is 1. The average molecular weight is 543 g/mol. The van der Waals surface area contributed by atoms with Gasteiger partial charge in [0.15, 0.2) is 11.5 Å². The first kappa shape index (κ1) is 24.9. The van der Waals surface area contributed by atoms with Gasteiger partial charge in [-0.1, -0.05) is 0 Å². The van der Waals surface area contributed by atoms with Gasteiger partial charge in [0.05, 0.1) is 19.5 Å². The standard InChI is InChI=1S/C29H34N8O3/c1-16-21(12-32-37(16)15-29-9-17-6-18(10-29)8-19(7-17)11-29)20-4-5-36-23(13-31-27(36)24(20)28(39)40-3)33-26-22(25(30)38)14-35(2)34-26/h4-5,12-14,17-19H,6-11,15H2,1-3H3,(H2,30,38)(H,33,34). The number of anilines is 2. The molecule has 0 unspecified atom stereocenters. The number of carbonyl (C=O) groups excluding carboxylic acids is 2. The van der Waals surface area contributed by atoms with Crippen molar-refractivity contribution in [2.75, 3.05) is 12.4 Å². The SMILES string of the molecule is COC(=O)c1c(-c2cnn(CC34CC5CC(CC(C5)C3)C4)c2C)ccn2c(Nc3nn(C)cc3C(N)=O)cnc12. The number of imidazole rings is 1. The molecule has 4 fully saturated rings. The zero-order valence-electron chi connectivity index (χ0n) is 23.1. The third kappa shape index (κ3) is 3.89. The molecular formula is C29H34N8O3. The molecule has 11 nitrogen and oxygen atoms in total. The molecule has 0 atom stereocenters. The van der Waals surface area contributed by atoms with Gasteiger partial charge in [0, 0.05) is 42.8 Å². The molecule has 40 heavy (non-hydrogen) atoms. The lowest BCUT2D eigenvalue weighted by Crippen LogP contribution is -2.48. The van der Waals surface area contributed by atoms with Crippen molar-refractivity contribution in [3.63, 3.8) is 0 Å². The summed E-state index contributed by atoms with van der Waals surface area (Å²) in [7, 11) is 3.08. The number of aryl methyl sites for hydroxylation is 1. The third-order valence-corrected chi connectivity index (χ3v) is 9.45. The first-order chi connectivity index (χ1) is 19.2. The number of aromatic nitrogens is 6. The molecule has 0 radical (unpaired) electrons. The largest absolute Gasteiger partial charge is 0.465 e. The van der Waals surface area contributed by atoms with E-state index in [2.05, 4.69) is 27.0 Å². The minimum Gasteiger partial charge on any atom is -0.465 e. The normalized spacial score (nSPS) is 25.0. The molecule has 11 heteroatoms. The van der Waals surface area contributed by atoms with Gasteiger partial charge in [-0.25, -0.2) is 9.78 Å². The van der Waals surface area contributed by atoms with Crippen LogP contribution in [0.25, 0.3) is 16.8 Å². The summed E-state index contributed by atoms with van der Waals surface area (Å²) >= 11 is 0. The molecule has 4 aromatic rings. The Labute approximate surface area is 231 Å². The van der Waals surface area contributed by atoms with Crippen LogP contribution in [0.5, 0.6) is 0 Å². The molecule has 4 saturated carbocycles. The van der Waals surface area contributed by atoms with Crippen molar-refractivity contribution in [3.05, 3.63) is 47.7 Å². The van der Waals surface area contributed by atoms with Crippen LogP contribution in [-0.4, -0.2) is 47.9 Å². The predicted octanol–water partition coefficient (Wildman–Crippen LogP) is 4.09. The molecule has 0 aromatic carbocycles. The van der Waals surface area contributed by atoms with Gasteiger partial charge >= 0.3 is 5.97 Å². The van der Waals surface area contributed by atoms with Gasteiger partial charge in [0.2, 0.25) is 0 Å². The van der Waals surface area contributed by atoms with Gasteiger partial charge in [0.25, 0.3) is 5.91 Å². The van der Waals surface area contributed by atoms with E-state index in [9.17, 15) is 9.59 Å². The summed E-state index contributed by atoms with van der Waals surface area (Å²) in [6.45, 7) is 3.01. The van der Waals surface area contributed by atoms with Crippen molar-refractivity contribution >= 4 is 29.2 Å². The Morgan fingerprint density at radius 1 is 1.12 bits per heavy atom. The Balaban J connectivity index is 1.25. The van der Waals surface area contributed by atoms with Crippen LogP contribution in [0.4, 0.5) is 11.6 Å². The van der Waals surface area contributed by atoms with Crippen molar-refractivity contribution in [2.45, 2.75) is 52.0 Å². The topological polar surface area (TPSA) is 134 Å². The lowest BCUT2D eigenvalue weighted by Gasteiger charge is -2.56. The van der Waals surface area contributed by atoms with E-state index < -0.39 is 11.9 Å². The summed E-state index contributed by atoms with van der Waals surface area (Å²) in [4.78, 5) is 29.6. The van der Waals surface area contributed by atoms with E-state index in [1.54, 1.807) is 23.8 Å². The van der Waals surface area contributed by atoms with E-state index in [4.69, 9.17) is 15.6 Å². The molecule has 0 spiro atoms. The number of amides is 1. The summed E-state index contributed by atoms with van der Waals surface area (Å²) in [5, 5.41) is 12.3. The van der Waals surface area contributed by atoms with Gasteiger partial charge in [-0.2, -0.15) is 10.2 Å². The Bertz CT molecular complexity index is 1630. The molecule has 0 aliphatic heterocycles. The minimum absolute atomic E-state index is 0.254. The van der Waals surface area contributed by atoms with E-state index >= 15 is 0 Å². The number of nitrogens with zero attached hydrogens (tertiary/aromatic N) is 6. The number of nitrogens with two attached hydrogens (primary N) is 1. The molecule has 1 amide bonds. The zero-order chi connectivity index (χ0) is 27.8. The van der Waals surface area contributed by atoms with E-state index in [1.807, 2.05) is 18.5 Å². The second-order valence-corrected chi connectivity index (χ2v) is 12.2. The Hall–Kier alpha value is -4.15. The third-order valence-electron chi connectivity index (χ3n) is 9.45. The van der Waals surface area contributed by atoms with Crippen molar-refractivity contribution in [3.8, 4) is 11.1 Å². The van der Waals surface area contributed by atoms with Crippen molar-refractivity contribution in [1.29, 1.82) is 0 Å². The van der Waals surface area contributed by atoms with Crippen LogP contribution < -0.4 is 11.1 Å². The fourth-order valence-corrected chi connectivity index (χ4v) is 8.22. The van der Waals surface area contributed by atoms with Crippen LogP contribution in [-0.2, 0) is 18.3 Å². The van der Waals surface area contributed by atoms with Crippen molar-refractivity contribution in [1.82, 2.24) is 28.9 Å². The summed E-state index contributed by atoms with van der Waals surface area (Å²) in [5.74, 6) is 2.39. The van der Waals surface area contributed by atoms with Crippen LogP contribution >= 0.6 is 0 Å². The lowest BCUT2D eigenvalue weighted by atomic mass is 9.49. The molecule has 8 rings (SSSR count). The highest BCUT2D eigenvalue weighted by Crippen LogP contribution is 2.60. The number of carbonyl (C=O) groups is 2. The monoisotopic (exact) mass is 542 g/mol. The Morgan fingerprint density at radius 3 is 2.48 bits per heavy atom. The molecular weight excluding hydrogens is 508 g/mol. The Kier molecular flexibility index (Phi) is 5.55. The highest BCUT2D eigenvalue weighted by molar-refractivity contribution is 6.03. The summed E-state index contributed by atoms with van der Waals surface area (Å²) in [6.07, 6.45) is 15.0. The molecule has 4 heterocycles. The predicted molar refractivity (Wildman–Crippen MR) is 148 cm³/mol. The molecule has 4 bridgehead atoms. The number of rotatable bonds is 7. The second-order valence-electron chi connectivity index (χ2n) is 12.2. The summed E-state index contributed by atoms with van der Waals surface area (Å²) < 4.78 is 10.6. The maximum Gasteiger partial charge on any atom is 0.342 e. The zero-order valence-corrected chi connectivity index (χ0v) is 23.1. The number of fused-ring (bicyclic) bond motifs is 1. The summed E-state index contributed by atoms with van der Waals surface area (Å²) in [6, 6.07) is 1.89. The maximum absolute atomic E-state index is 13.2. The number of esters is 1. The number of hydrogen-bond acceptors (Lipinski definition) is 7. The number of hydrogen-bond donors (Lipinski definition) is 2. The minimum atomic E-state index is -0.594. The van der Waals surface area contributed by atoms with E-state index in [1.165, 1.54) is 50.3 Å². The van der Waals surface area contributed by atoms with Crippen molar-refractivity contribution < 1.29 is 14.3 Å². The van der Waals surface area contributed by atoms with Crippen LogP contribution in [0, 0.1) is 30.1 Å². The number of methoxy groups -OCH3 is 1. The molecule has 208 valence electrons. The van der Waals surface area contributed by atoms with E-state index in [0.717, 1.165) is 41.1 Å². The number of ether oxygens (including phenoxy) is 1. The smallest absolute Gasteiger partial charge is 0.342 e. The number of nitrogens with one attached hydrogen (secondary N) is 1. The fraction of sp³-hybridized carbons (Fsp3) is 0.483. The highest BCUT2D eigenvalue weighted by atomic mass is 16.5. The first-order valence-corrected chi connectivity index (χ1v) is 14.0. The van der Waals surface area contributed by atoms with Gasteiger partial charge < -0.3 is 15.8 Å². The molecule has 0 saturated heterocycles. The summed E-state index contributed by atoms with van der Waals surface area (Å²) in [5.41, 5.74) is 9.56. The highest BCUT2D eigenvalue weighted by Gasteiger charge is 2.51. The van der Waals surface area contributed by atoms with Gasteiger partial charge in [-0.3, -0.25) is 18.6 Å². The van der Waals surface area contributed by atoms with Crippen molar-refractivity contribution in [2.24, 2.45) is 36.0 Å². The molecule has 4 aromatic heterocycles. The average Bonchev–Trinajstić information content (AvgIpc) is 3.59. The second kappa shape index (κ2) is 8.94. The fourth-order valence-electron chi connectivity index (χ4n) is 8.22. The van der Waals surface area contributed by atoms with Gasteiger partial charge in [0.1, 0.15) is 16.9 Å². The van der Waals surface area contributed by atoms with Crippen LogP contribution in [0.15, 0.2) is 30.9 Å². The maximum atomic E-state index is 13.2. The van der Waals surface area contributed by atoms with E-state index in [0.29, 0.717) is 28.3 Å². The molecule has 4 aliphatic carbocycles.